The van der Waals surface area contributed by atoms with E-state index in [4.69, 9.17) is 0 Å². The number of hydrogen-bond donors (Lipinski definition) is 0. The molecule has 0 saturated carbocycles. The molecule has 0 atom stereocenters. The van der Waals surface area contributed by atoms with Crippen LogP contribution in [0.5, 0.6) is 0 Å². The van der Waals surface area contributed by atoms with Crippen molar-refractivity contribution in [2.75, 3.05) is 0 Å². The van der Waals surface area contributed by atoms with Gasteiger partial charge in [0.05, 0.1) is 11.2 Å². The molecule has 0 aliphatic heterocycles. The van der Waals surface area contributed by atoms with Gasteiger partial charge in [-0.2, -0.15) is 0 Å². The van der Waals surface area contributed by atoms with E-state index < -0.39 is 0 Å². The van der Waals surface area contributed by atoms with E-state index in [1.165, 1.54) is 10.9 Å². The van der Waals surface area contributed by atoms with Crippen molar-refractivity contribution in [1.29, 1.82) is 0 Å². The summed E-state index contributed by atoms with van der Waals surface area (Å²) in [5.74, 6) is 0.495. The second-order valence-corrected chi connectivity index (χ2v) is 3.85. The van der Waals surface area contributed by atoms with Crippen molar-refractivity contribution in [2.24, 2.45) is 0 Å². The van der Waals surface area contributed by atoms with Crippen LogP contribution in [0, 0.1) is 6.92 Å². The van der Waals surface area contributed by atoms with E-state index in [0.717, 1.165) is 11.2 Å². The van der Waals surface area contributed by atoms with E-state index in [0.29, 0.717) is 5.92 Å². The molecule has 2 nitrogen and oxygen atoms in total. The number of pyridine rings is 2. The molecule has 0 radical (unpaired) electrons. The average Bonchev–Trinajstić information content (AvgIpc) is 2.43. The SMILES string of the molecule is CC.CC.Cc1ncc(C(C)C)c2cccnc12. The number of aromatic nitrogens is 2. The lowest BCUT2D eigenvalue weighted by Crippen LogP contribution is -1.95. The van der Waals surface area contributed by atoms with Gasteiger partial charge in [0.25, 0.3) is 0 Å². The Hall–Kier alpha value is -1.44. The van der Waals surface area contributed by atoms with Crippen LogP contribution in [0.3, 0.4) is 0 Å². The van der Waals surface area contributed by atoms with Crippen LogP contribution < -0.4 is 0 Å². The monoisotopic (exact) mass is 246 g/mol. The summed E-state index contributed by atoms with van der Waals surface area (Å²) in [6.07, 6.45) is 3.78. The molecule has 0 aromatic carbocycles. The Kier molecular flexibility index (Phi) is 7.93. The van der Waals surface area contributed by atoms with Gasteiger partial charge in [0, 0.05) is 17.8 Å². The lowest BCUT2D eigenvalue weighted by Gasteiger charge is -2.09. The van der Waals surface area contributed by atoms with Crippen LogP contribution in [0.25, 0.3) is 10.9 Å². The first-order valence-corrected chi connectivity index (χ1v) is 6.90. The van der Waals surface area contributed by atoms with Gasteiger partial charge in [-0.05, 0) is 24.5 Å². The predicted octanol–water partition coefficient (Wildman–Crippen LogP) is 5.11. The van der Waals surface area contributed by atoms with Gasteiger partial charge < -0.3 is 0 Å². The fourth-order valence-corrected chi connectivity index (χ4v) is 1.68. The molecule has 0 aliphatic rings. The molecule has 100 valence electrons. The van der Waals surface area contributed by atoms with Crippen molar-refractivity contribution in [3.8, 4) is 0 Å². The Morgan fingerprint density at radius 1 is 1.00 bits per heavy atom. The number of hydrogen-bond acceptors (Lipinski definition) is 2. The lowest BCUT2D eigenvalue weighted by atomic mass is 10.00. The molecule has 0 bridgehead atoms. The van der Waals surface area contributed by atoms with Crippen LogP contribution in [0.4, 0.5) is 0 Å². The lowest BCUT2D eigenvalue weighted by molar-refractivity contribution is 0.866. The van der Waals surface area contributed by atoms with Crippen molar-refractivity contribution in [1.82, 2.24) is 9.97 Å². The molecule has 2 aromatic heterocycles. The fraction of sp³-hybridized carbons (Fsp3) is 0.500. The standard InChI is InChI=1S/C12H14N2.2C2H6/c1-8(2)11-7-14-9(3)12-10(11)5-4-6-13-12;2*1-2/h4-8H,1-3H3;2*1-2H3. The van der Waals surface area contributed by atoms with Crippen molar-refractivity contribution in [2.45, 2.75) is 54.4 Å². The first kappa shape index (κ1) is 16.6. The predicted molar refractivity (Wildman–Crippen MR) is 81.1 cm³/mol. The largest absolute Gasteiger partial charge is 0.259 e. The third-order valence-corrected chi connectivity index (χ3v) is 2.48. The highest BCUT2D eigenvalue weighted by molar-refractivity contribution is 5.83. The Morgan fingerprint density at radius 3 is 2.17 bits per heavy atom. The molecule has 0 saturated heterocycles. The second kappa shape index (κ2) is 8.62. The molecule has 2 aromatic rings. The first-order chi connectivity index (χ1) is 8.70. The van der Waals surface area contributed by atoms with Crippen LogP contribution >= 0.6 is 0 Å². The van der Waals surface area contributed by atoms with Gasteiger partial charge in [0.15, 0.2) is 0 Å². The molecule has 0 spiro atoms. The molecule has 18 heavy (non-hydrogen) atoms. The highest BCUT2D eigenvalue weighted by atomic mass is 14.7. The summed E-state index contributed by atoms with van der Waals surface area (Å²) in [5.41, 5.74) is 3.31. The van der Waals surface area contributed by atoms with E-state index in [-0.39, 0.29) is 0 Å². The van der Waals surface area contributed by atoms with E-state index >= 15 is 0 Å². The molecule has 0 fully saturated rings. The highest BCUT2D eigenvalue weighted by Gasteiger charge is 2.07. The topological polar surface area (TPSA) is 25.8 Å². The van der Waals surface area contributed by atoms with E-state index in [1.807, 2.05) is 53.1 Å². The van der Waals surface area contributed by atoms with E-state index in [9.17, 15) is 0 Å². The average molecular weight is 246 g/mol. The summed E-state index contributed by atoms with van der Waals surface area (Å²) in [6, 6.07) is 4.10. The van der Waals surface area contributed by atoms with Gasteiger partial charge in [-0.3, -0.25) is 9.97 Å². The Balaban J connectivity index is 0.000000659. The normalized spacial score (nSPS) is 9.33. The Morgan fingerprint density at radius 2 is 1.61 bits per heavy atom. The maximum atomic E-state index is 4.37. The van der Waals surface area contributed by atoms with Crippen LogP contribution in [0.15, 0.2) is 24.5 Å². The Bertz CT molecular complexity index is 462. The Labute approximate surface area is 111 Å². The van der Waals surface area contributed by atoms with Gasteiger partial charge >= 0.3 is 0 Å². The quantitative estimate of drug-likeness (QED) is 0.698. The van der Waals surface area contributed by atoms with Crippen molar-refractivity contribution in [3.63, 3.8) is 0 Å². The number of rotatable bonds is 1. The number of nitrogens with zero attached hydrogens (tertiary/aromatic N) is 2. The van der Waals surface area contributed by atoms with Crippen LogP contribution in [0.1, 0.15) is 58.7 Å². The maximum absolute atomic E-state index is 4.37. The molecule has 2 heteroatoms. The summed E-state index contributed by atoms with van der Waals surface area (Å²) in [4.78, 5) is 8.73. The van der Waals surface area contributed by atoms with E-state index in [2.05, 4.69) is 29.9 Å². The summed E-state index contributed by atoms with van der Waals surface area (Å²) >= 11 is 0. The first-order valence-electron chi connectivity index (χ1n) is 6.90. The minimum atomic E-state index is 0.495. The second-order valence-electron chi connectivity index (χ2n) is 3.85. The molecule has 0 amide bonds. The summed E-state index contributed by atoms with van der Waals surface area (Å²) < 4.78 is 0. The molecular weight excluding hydrogens is 220 g/mol. The fourth-order valence-electron chi connectivity index (χ4n) is 1.68. The molecule has 0 N–H and O–H groups in total. The number of aryl methyl sites for hydroxylation is 1. The molecule has 2 heterocycles. The van der Waals surface area contributed by atoms with Crippen LogP contribution in [-0.4, -0.2) is 9.97 Å². The van der Waals surface area contributed by atoms with Crippen LogP contribution in [-0.2, 0) is 0 Å². The van der Waals surface area contributed by atoms with Crippen LogP contribution in [0.2, 0.25) is 0 Å². The molecule has 0 aliphatic carbocycles. The van der Waals surface area contributed by atoms with Gasteiger partial charge in [-0.25, -0.2) is 0 Å². The highest BCUT2D eigenvalue weighted by Crippen LogP contribution is 2.24. The maximum Gasteiger partial charge on any atom is 0.0917 e. The van der Waals surface area contributed by atoms with Crippen molar-refractivity contribution in [3.05, 3.63) is 35.8 Å². The third kappa shape index (κ3) is 3.80. The zero-order valence-corrected chi connectivity index (χ0v) is 12.8. The summed E-state index contributed by atoms with van der Waals surface area (Å²) in [7, 11) is 0. The van der Waals surface area contributed by atoms with E-state index in [1.54, 1.807) is 0 Å². The van der Waals surface area contributed by atoms with Gasteiger partial charge in [0.2, 0.25) is 0 Å². The smallest absolute Gasteiger partial charge is 0.0917 e. The van der Waals surface area contributed by atoms with Crippen molar-refractivity contribution >= 4 is 10.9 Å². The van der Waals surface area contributed by atoms with Gasteiger partial charge in [-0.1, -0.05) is 47.6 Å². The van der Waals surface area contributed by atoms with Crippen molar-refractivity contribution < 1.29 is 0 Å². The zero-order valence-electron chi connectivity index (χ0n) is 12.8. The summed E-state index contributed by atoms with van der Waals surface area (Å²) in [5, 5.41) is 1.23. The van der Waals surface area contributed by atoms with Gasteiger partial charge in [-0.15, -0.1) is 0 Å². The minimum absolute atomic E-state index is 0.495. The minimum Gasteiger partial charge on any atom is -0.259 e. The molecule has 2 rings (SSSR count). The third-order valence-electron chi connectivity index (χ3n) is 2.48. The molecule has 0 unspecified atom stereocenters. The number of fused-ring (bicyclic) bond motifs is 1. The van der Waals surface area contributed by atoms with Gasteiger partial charge in [0.1, 0.15) is 0 Å². The summed E-state index contributed by atoms with van der Waals surface area (Å²) in [6.45, 7) is 14.4. The molecular formula is C16H26N2. The zero-order chi connectivity index (χ0) is 14.1.